The SMILES string of the molecule is CC1(C)c2ccccc2-c2ccc(-c3cc(-c4cc5ccccc5c5ccccc45)nc(-c4cccc(-c5nc6cccnc6s5)c4)n3)cc21. The summed E-state index contributed by atoms with van der Waals surface area (Å²) in [6.45, 7) is 4.64. The second kappa shape index (κ2) is 11.0. The molecule has 236 valence electrons. The third kappa shape index (κ3) is 4.51. The lowest BCUT2D eigenvalue weighted by molar-refractivity contribution is 0.660. The first-order valence-corrected chi connectivity index (χ1v) is 17.7. The summed E-state index contributed by atoms with van der Waals surface area (Å²) in [6, 6.07) is 49.6. The highest BCUT2D eigenvalue weighted by atomic mass is 32.1. The van der Waals surface area contributed by atoms with Gasteiger partial charge < -0.3 is 0 Å². The van der Waals surface area contributed by atoms with E-state index in [0.717, 1.165) is 49.0 Å². The lowest BCUT2D eigenvalue weighted by Crippen LogP contribution is -2.14. The highest BCUT2D eigenvalue weighted by Gasteiger charge is 2.35. The number of aromatic nitrogens is 4. The average Bonchev–Trinajstić information content (AvgIpc) is 3.71. The summed E-state index contributed by atoms with van der Waals surface area (Å²) < 4.78 is 0. The molecule has 1 aliphatic carbocycles. The zero-order valence-corrected chi connectivity index (χ0v) is 28.4. The number of benzene rings is 6. The molecule has 5 heteroatoms. The Kier molecular flexibility index (Phi) is 6.36. The van der Waals surface area contributed by atoms with Crippen LogP contribution < -0.4 is 0 Å². The molecule has 0 fully saturated rings. The van der Waals surface area contributed by atoms with Gasteiger partial charge in [0.2, 0.25) is 0 Å². The van der Waals surface area contributed by atoms with Crippen LogP contribution in [0.2, 0.25) is 0 Å². The van der Waals surface area contributed by atoms with Crippen LogP contribution in [0.1, 0.15) is 25.0 Å². The second-order valence-electron chi connectivity index (χ2n) is 13.5. The number of hydrogen-bond acceptors (Lipinski definition) is 5. The van der Waals surface area contributed by atoms with Crippen molar-refractivity contribution in [3.63, 3.8) is 0 Å². The van der Waals surface area contributed by atoms with Gasteiger partial charge in [-0.2, -0.15) is 0 Å². The van der Waals surface area contributed by atoms with E-state index in [2.05, 4.69) is 146 Å². The summed E-state index contributed by atoms with van der Waals surface area (Å²) >= 11 is 1.60. The van der Waals surface area contributed by atoms with Gasteiger partial charge in [-0.15, -0.1) is 0 Å². The van der Waals surface area contributed by atoms with Gasteiger partial charge in [-0.25, -0.2) is 19.9 Å². The van der Waals surface area contributed by atoms with E-state index in [9.17, 15) is 0 Å². The minimum atomic E-state index is -0.115. The lowest BCUT2D eigenvalue weighted by atomic mass is 9.82. The van der Waals surface area contributed by atoms with E-state index in [0.29, 0.717) is 5.82 Å². The zero-order chi connectivity index (χ0) is 33.4. The van der Waals surface area contributed by atoms with Crippen LogP contribution in [0.15, 0.2) is 146 Å². The van der Waals surface area contributed by atoms with Crippen molar-refractivity contribution < 1.29 is 0 Å². The Hall–Kier alpha value is -6.04. The Morgan fingerprint density at radius 2 is 1.26 bits per heavy atom. The lowest BCUT2D eigenvalue weighted by Gasteiger charge is -2.22. The predicted octanol–water partition coefficient (Wildman–Crippen LogP) is 11.8. The van der Waals surface area contributed by atoms with E-state index in [1.807, 2.05) is 18.3 Å². The van der Waals surface area contributed by atoms with Gasteiger partial charge in [0.15, 0.2) is 5.82 Å². The molecule has 9 aromatic rings. The molecule has 0 atom stereocenters. The van der Waals surface area contributed by atoms with Crippen LogP contribution in [0.4, 0.5) is 0 Å². The molecule has 0 saturated carbocycles. The quantitative estimate of drug-likeness (QED) is 0.177. The topological polar surface area (TPSA) is 51.6 Å². The fraction of sp³-hybridized carbons (Fsp3) is 0.0667. The van der Waals surface area contributed by atoms with Crippen LogP contribution in [0.3, 0.4) is 0 Å². The molecule has 3 heterocycles. The summed E-state index contributed by atoms with van der Waals surface area (Å²) in [5.41, 5.74) is 12.0. The Balaban J connectivity index is 1.19. The average molecular weight is 659 g/mol. The van der Waals surface area contributed by atoms with Gasteiger partial charge in [0, 0.05) is 33.9 Å². The number of thiazole rings is 1. The van der Waals surface area contributed by atoms with Crippen molar-refractivity contribution in [1.29, 1.82) is 0 Å². The zero-order valence-electron chi connectivity index (χ0n) is 27.6. The molecule has 3 aromatic heterocycles. The summed E-state index contributed by atoms with van der Waals surface area (Å²) in [5.74, 6) is 0.680. The molecular weight excluding hydrogens is 629 g/mol. The molecule has 0 saturated heterocycles. The van der Waals surface area contributed by atoms with Crippen molar-refractivity contribution in [3.05, 3.63) is 157 Å². The fourth-order valence-corrected chi connectivity index (χ4v) is 8.58. The molecule has 0 bridgehead atoms. The summed E-state index contributed by atoms with van der Waals surface area (Å²) in [5, 5.41) is 5.73. The number of rotatable bonds is 4. The molecule has 0 radical (unpaired) electrons. The minimum Gasteiger partial charge on any atom is -0.244 e. The van der Waals surface area contributed by atoms with Crippen molar-refractivity contribution in [2.24, 2.45) is 0 Å². The first-order valence-electron chi connectivity index (χ1n) is 16.9. The molecule has 0 spiro atoms. The summed E-state index contributed by atoms with van der Waals surface area (Å²) in [4.78, 5) is 21.0. The Morgan fingerprint density at radius 1 is 0.500 bits per heavy atom. The Bertz CT molecular complexity index is 2780. The third-order valence-corrected chi connectivity index (χ3v) is 11.2. The first kappa shape index (κ1) is 28.9. The minimum absolute atomic E-state index is 0.115. The summed E-state index contributed by atoms with van der Waals surface area (Å²) in [7, 11) is 0. The highest BCUT2D eigenvalue weighted by Crippen LogP contribution is 2.49. The normalized spacial score (nSPS) is 13.2. The first-order chi connectivity index (χ1) is 24.5. The van der Waals surface area contributed by atoms with Gasteiger partial charge in [0.05, 0.1) is 11.4 Å². The largest absolute Gasteiger partial charge is 0.244 e. The predicted molar refractivity (Wildman–Crippen MR) is 207 cm³/mol. The maximum atomic E-state index is 5.33. The van der Waals surface area contributed by atoms with E-state index >= 15 is 0 Å². The summed E-state index contributed by atoms with van der Waals surface area (Å²) in [6.07, 6.45) is 1.82. The Morgan fingerprint density at radius 3 is 2.16 bits per heavy atom. The molecule has 1 aliphatic rings. The molecule has 10 rings (SSSR count). The van der Waals surface area contributed by atoms with E-state index in [-0.39, 0.29) is 5.41 Å². The molecule has 0 amide bonds. The maximum Gasteiger partial charge on any atom is 0.160 e. The van der Waals surface area contributed by atoms with Gasteiger partial charge in [-0.1, -0.05) is 128 Å². The number of hydrogen-bond donors (Lipinski definition) is 0. The van der Waals surface area contributed by atoms with Crippen molar-refractivity contribution >= 4 is 43.2 Å². The van der Waals surface area contributed by atoms with E-state index in [4.69, 9.17) is 15.0 Å². The standard InChI is InChI=1S/C45H30N4S/c1-45(2)37-18-8-7-17-34(37)35-21-20-28(25-38(35)45)40-26-41(36-24-27-11-3-4-14-31(27)32-15-5-6-16-33(32)36)48-42(47-40)29-12-9-13-30(23-29)43-49-39-19-10-22-46-44(39)50-43/h3-26H,1-2H3. The second-order valence-corrected chi connectivity index (χ2v) is 14.5. The molecule has 6 aromatic carbocycles. The van der Waals surface area contributed by atoms with Crippen molar-refractivity contribution in [2.45, 2.75) is 19.3 Å². The van der Waals surface area contributed by atoms with Crippen LogP contribution >= 0.6 is 11.3 Å². The Labute approximate surface area is 293 Å². The fourth-order valence-electron chi connectivity index (χ4n) is 7.68. The van der Waals surface area contributed by atoms with Crippen molar-refractivity contribution in [1.82, 2.24) is 19.9 Å². The van der Waals surface area contributed by atoms with E-state index in [1.54, 1.807) is 11.3 Å². The number of fused-ring (bicyclic) bond motifs is 7. The molecule has 0 aliphatic heterocycles. The highest BCUT2D eigenvalue weighted by molar-refractivity contribution is 7.21. The van der Waals surface area contributed by atoms with Crippen LogP contribution in [0.5, 0.6) is 0 Å². The molecular formula is C45H30N4S. The van der Waals surface area contributed by atoms with Crippen LogP contribution in [0.25, 0.3) is 87.5 Å². The van der Waals surface area contributed by atoms with Crippen LogP contribution in [-0.4, -0.2) is 19.9 Å². The van der Waals surface area contributed by atoms with E-state index in [1.165, 1.54) is 43.8 Å². The molecule has 0 unspecified atom stereocenters. The van der Waals surface area contributed by atoms with Gasteiger partial charge in [0.1, 0.15) is 15.4 Å². The molecule has 50 heavy (non-hydrogen) atoms. The van der Waals surface area contributed by atoms with Gasteiger partial charge in [-0.05, 0) is 80.2 Å². The van der Waals surface area contributed by atoms with Crippen molar-refractivity contribution in [3.8, 4) is 55.6 Å². The van der Waals surface area contributed by atoms with Crippen LogP contribution in [0, 0.1) is 0 Å². The molecule has 0 N–H and O–H groups in total. The maximum absolute atomic E-state index is 5.33. The monoisotopic (exact) mass is 658 g/mol. The van der Waals surface area contributed by atoms with Crippen molar-refractivity contribution in [2.75, 3.05) is 0 Å². The van der Waals surface area contributed by atoms with Crippen LogP contribution in [-0.2, 0) is 5.41 Å². The third-order valence-electron chi connectivity index (χ3n) is 10.2. The van der Waals surface area contributed by atoms with Gasteiger partial charge in [0.25, 0.3) is 0 Å². The number of nitrogens with zero attached hydrogens (tertiary/aromatic N) is 4. The van der Waals surface area contributed by atoms with Gasteiger partial charge >= 0.3 is 0 Å². The number of pyridine rings is 1. The van der Waals surface area contributed by atoms with E-state index < -0.39 is 0 Å². The molecule has 4 nitrogen and oxygen atoms in total. The van der Waals surface area contributed by atoms with Gasteiger partial charge in [-0.3, -0.25) is 0 Å². The smallest absolute Gasteiger partial charge is 0.160 e.